The lowest BCUT2D eigenvalue weighted by atomic mass is 9.87. The number of carboxylic acid groups (broad SMARTS) is 1. The number of aryl methyl sites for hydroxylation is 2. The molecule has 0 unspecified atom stereocenters. The smallest absolute Gasteiger partial charge is 0.306 e. The molecule has 0 spiro atoms. The average molecular weight is 483 g/mol. The van der Waals surface area contributed by atoms with Gasteiger partial charge in [0.25, 0.3) is 11.8 Å². The Balaban J connectivity index is 1.44. The number of rotatable bonds is 10. The quantitative estimate of drug-likeness (QED) is 0.443. The van der Waals surface area contributed by atoms with E-state index < -0.39 is 5.97 Å². The molecule has 1 aliphatic rings. The summed E-state index contributed by atoms with van der Waals surface area (Å²) in [6.07, 6.45) is 2.65. The lowest BCUT2D eigenvalue weighted by molar-refractivity contribution is -0.143. The van der Waals surface area contributed by atoms with Crippen molar-refractivity contribution in [3.63, 3.8) is 0 Å². The van der Waals surface area contributed by atoms with Gasteiger partial charge in [-0.2, -0.15) is 0 Å². The molecule has 0 saturated heterocycles. The van der Waals surface area contributed by atoms with Crippen LogP contribution in [-0.2, 0) is 4.79 Å². The number of nitrogens with one attached hydrogen (secondary N) is 2. The highest BCUT2D eigenvalue weighted by Gasteiger charge is 2.27. The number of benzene rings is 2. The first-order valence-electron chi connectivity index (χ1n) is 12.1. The number of carboxylic acids is 1. The molecule has 0 bridgehead atoms. The van der Waals surface area contributed by atoms with E-state index in [0.717, 1.165) is 16.9 Å². The molecule has 1 fully saturated rings. The minimum Gasteiger partial charge on any atom is -0.494 e. The van der Waals surface area contributed by atoms with Gasteiger partial charge in [0, 0.05) is 24.2 Å². The van der Waals surface area contributed by atoms with Crippen LogP contribution < -0.4 is 20.1 Å². The number of hydrogen-bond donors (Lipinski definition) is 3. The summed E-state index contributed by atoms with van der Waals surface area (Å²) >= 11 is 0. The predicted molar refractivity (Wildman–Crippen MR) is 132 cm³/mol. The van der Waals surface area contributed by atoms with Crippen LogP contribution in [0.4, 0.5) is 0 Å². The van der Waals surface area contributed by atoms with Crippen molar-refractivity contribution in [2.45, 2.75) is 52.6 Å². The molecule has 0 aliphatic heterocycles. The van der Waals surface area contributed by atoms with E-state index in [4.69, 9.17) is 14.6 Å². The van der Waals surface area contributed by atoms with Crippen LogP contribution in [0.25, 0.3) is 0 Å². The van der Waals surface area contributed by atoms with Crippen molar-refractivity contribution in [1.29, 1.82) is 0 Å². The zero-order valence-electron chi connectivity index (χ0n) is 20.6. The number of carbonyl (C=O) groups is 3. The van der Waals surface area contributed by atoms with Crippen molar-refractivity contribution in [1.82, 2.24) is 10.6 Å². The molecule has 1 aliphatic carbocycles. The molecule has 0 heterocycles. The number of hydrogen-bond acceptors (Lipinski definition) is 5. The van der Waals surface area contributed by atoms with Crippen molar-refractivity contribution in [2.24, 2.45) is 5.92 Å². The summed E-state index contributed by atoms with van der Waals surface area (Å²) in [6.45, 7) is 6.82. The van der Waals surface area contributed by atoms with Gasteiger partial charge in [-0.05, 0) is 94.0 Å². The van der Waals surface area contributed by atoms with E-state index in [1.165, 1.54) is 0 Å². The van der Waals surface area contributed by atoms with Crippen molar-refractivity contribution in [2.75, 3.05) is 19.7 Å². The van der Waals surface area contributed by atoms with Crippen LogP contribution in [0, 0.1) is 19.8 Å². The predicted octanol–water partition coefficient (Wildman–Crippen LogP) is 3.88. The fourth-order valence-electron chi connectivity index (χ4n) is 4.24. The van der Waals surface area contributed by atoms with Gasteiger partial charge in [-0.15, -0.1) is 0 Å². The Morgan fingerprint density at radius 1 is 0.914 bits per heavy atom. The molecule has 2 aromatic rings. The third-order valence-corrected chi connectivity index (χ3v) is 6.20. The van der Waals surface area contributed by atoms with E-state index in [0.29, 0.717) is 62.3 Å². The van der Waals surface area contributed by atoms with Crippen LogP contribution in [0.2, 0.25) is 0 Å². The van der Waals surface area contributed by atoms with E-state index in [2.05, 4.69) is 10.6 Å². The topological polar surface area (TPSA) is 114 Å². The van der Waals surface area contributed by atoms with Gasteiger partial charge >= 0.3 is 5.97 Å². The van der Waals surface area contributed by atoms with Gasteiger partial charge in [-0.1, -0.05) is 0 Å². The number of amides is 2. The first kappa shape index (κ1) is 26.1. The Labute approximate surface area is 206 Å². The molecule has 0 atom stereocenters. The number of carbonyl (C=O) groups excluding carboxylic acids is 2. The van der Waals surface area contributed by atoms with Crippen LogP contribution in [-0.4, -0.2) is 48.7 Å². The first-order chi connectivity index (χ1) is 16.8. The van der Waals surface area contributed by atoms with Gasteiger partial charge in [0.1, 0.15) is 11.5 Å². The average Bonchev–Trinajstić information content (AvgIpc) is 2.83. The SMILES string of the molecule is CCOc1ccc(C(=O)NCCNC(=O)c2ccc(O[C@H]3CC[C@@H](C(=O)O)CC3)cc2C)cc1C. The summed E-state index contributed by atoms with van der Waals surface area (Å²) in [5, 5.41) is 14.8. The van der Waals surface area contributed by atoms with E-state index >= 15 is 0 Å². The summed E-state index contributed by atoms with van der Waals surface area (Å²) in [6, 6.07) is 10.6. The fourth-order valence-corrected chi connectivity index (χ4v) is 4.24. The zero-order valence-corrected chi connectivity index (χ0v) is 20.6. The second-order valence-electron chi connectivity index (χ2n) is 8.83. The summed E-state index contributed by atoms with van der Waals surface area (Å²) in [5.74, 6) is -0.00922. The maximum Gasteiger partial charge on any atom is 0.306 e. The lowest BCUT2D eigenvalue weighted by Gasteiger charge is -2.27. The van der Waals surface area contributed by atoms with E-state index in [1.54, 1.807) is 30.3 Å². The van der Waals surface area contributed by atoms with Crippen molar-refractivity contribution >= 4 is 17.8 Å². The normalized spacial score (nSPS) is 17.3. The molecular formula is C27H34N2O6. The molecule has 3 rings (SSSR count). The maximum atomic E-state index is 12.6. The molecule has 35 heavy (non-hydrogen) atoms. The van der Waals surface area contributed by atoms with Crippen LogP contribution >= 0.6 is 0 Å². The molecule has 2 amide bonds. The number of aliphatic carboxylic acids is 1. The Morgan fingerprint density at radius 3 is 2.20 bits per heavy atom. The third-order valence-electron chi connectivity index (χ3n) is 6.20. The van der Waals surface area contributed by atoms with Gasteiger partial charge in [0.15, 0.2) is 0 Å². The van der Waals surface area contributed by atoms with Crippen LogP contribution in [0.15, 0.2) is 36.4 Å². The fraction of sp³-hybridized carbons (Fsp3) is 0.444. The Hall–Kier alpha value is -3.55. The Bertz CT molecular complexity index is 1060. The molecule has 0 aromatic heterocycles. The molecule has 188 valence electrons. The molecule has 1 saturated carbocycles. The van der Waals surface area contributed by atoms with Gasteiger partial charge in [0.2, 0.25) is 0 Å². The second-order valence-corrected chi connectivity index (χ2v) is 8.83. The van der Waals surface area contributed by atoms with Crippen LogP contribution in [0.5, 0.6) is 11.5 Å². The first-order valence-corrected chi connectivity index (χ1v) is 12.1. The van der Waals surface area contributed by atoms with Crippen LogP contribution in [0.1, 0.15) is 64.4 Å². The monoisotopic (exact) mass is 482 g/mol. The molecule has 2 aromatic carbocycles. The minimum absolute atomic E-state index is 0.00699. The van der Waals surface area contributed by atoms with E-state index in [-0.39, 0.29) is 23.8 Å². The highest BCUT2D eigenvalue weighted by atomic mass is 16.5. The van der Waals surface area contributed by atoms with Gasteiger partial charge in [-0.3, -0.25) is 14.4 Å². The molecule has 8 nitrogen and oxygen atoms in total. The minimum atomic E-state index is -0.736. The molecule has 3 N–H and O–H groups in total. The number of ether oxygens (including phenoxy) is 2. The summed E-state index contributed by atoms with van der Waals surface area (Å²) < 4.78 is 11.5. The summed E-state index contributed by atoms with van der Waals surface area (Å²) in [5.41, 5.74) is 2.76. The van der Waals surface area contributed by atoms with Crippen molar-refractivity contribution < 1.29 is 29.0 Å². The highest BCUT2D eigenvalue weighted by Crippen LogP contribution is 2.28. The van der Waals surface area contributed by atoms with E-state index in [1.807, 2.05) is 26.8 Å². The Kier molecular flexibility index (Phi) is 9.11. The van der Waals surface area contributed by atoms with Crippen LogP contribution in [0.3, 0.4) is 0 Å². The zero-order chi connectivity index (χ0) is 25.4. The largest absolute Gasteiger partial charge is 0.494 e. The second kappa shape index (κ2) is 12.2. The summed E-state index contributed by atoms with van der Waals surface area (Å²) in [4.78, 5) is 36.1. The van der Waals surface area contributed by atoms with Gasteiger partial charge in [0.05, 0.1) is 18.6 Å². The highest BCUT2D eigenvalue weighted by molar-refractivity contribution is 5.96. The lowest BCUT2D eigenvalue weighted by Crippen LogP contribution is -2.35. The van der Waals surface area contributed by atoms with Crippen molar-refractivity contribution in [3.8, 4) is 11.5 Å². The van der Waals surface area contributed by atoms with Crippen molar-refractivity contribution in [3.05, 3.63) is 58.7 Å². The maximum absolute atomic E-state index is 12.6. The van der Waals surface area contributed by atoms with E-state index in [9.17, 15) is 14.4 Å². The molecule has 8 heteroatoms. The standard InChI is InChI=1S/C27H34N2O6/c1-4-34-24-12-7-20(15-18(24)3)25(30)28-13-14-29-26(31)23-11-10-22(16-17(23)2)35-21-8-5-19(6-9-21)27(32)33/h7,10-12,15-16,19,21H,4-6,8-9,13-14H2,1-3H3,(H,28,30)(H,29,31)(H,32,33)/t19-,21+. The van der Waals surface area contributed by atoms with Gasteiger partial charge in [-0.25, -0.2) is 0 Å². The van der Waals surface area contributed by atoms with Gasteiger partial charge < -0.3 is 25.2 Å². The Morgan fingerprint density at radius 2 is 1.60 bits per heavy atom. The third kappa shape index (κ3) is 7.21. The molecular weight excluding hydrogens is 448 g/mol. The molecule has 0 radical (unpaired) electrons. The summed E-state index contributed by atoms with van der Waals surface area (Å²) in [7, 11) is 0.